The van der Waals surface area contributed by atoms with Crippen molar-refractivity contribution in [3.8, 4) is 0 Å². The Morgan fingerprint density at radius 1 is 1.46 bits per heavy atom. The Kier molecular flexibility index (Phi) is 5.06. The van der Waals surface area contributed by atoms with Gasteiger partial charge in [-0.1, -0.05) is 6.92 Å². The monoisotopic (exact) mass is 364 g/mol. The molecule has 0 bridgehead atoms. The molecule has 0 aliphatic carbocycles. The summed E-state index contributed by atoms with van der Waals surface area (Å²) in [5.74, 6) is -1.06. The van der Waals surface area contributed by atoms with Crippen LogP contribution in [-0.2, 0) is 10.0 Å². The molecule has 1 aromatic rings. The van der Waals surface area contributed by atoms with E-state index in [4.69, 9.17) is 5.14 Å². The van der Waals surface area contributed by atoms with Crippen molar-refractivity contribution in [2.24, 2.45) is 11.1 Å². The standard InChI is InChI=1S/C13H18F2N4O4S/c1-8(12(14)15)13(4-5-17-7-13)18-10-3-2-9(24(16,22)23)6-11(10)19(20)21/h2-3,6,8,12,17-18H,4-5,7H2,1H3,(H2,16,22,23)/t8?,13-/m0/s1. The average molecular weight is 364 g/mol. The normalized spacial score (nSPS) is 22.5. The molecule has 134 valence electrons. The number of halogens is 2. The van der Waals surface area contributed by atoms with Crippen molar-refractivity contribution in [1.82, 2.24) is 5.32 Å². The minimum atomic E-state index is -4.11. The van der Waals surface area contributed by atoms with Crippen LogP contribution in [0.1, 0.15) is 13.3 Å². The van der Waals surface area contributed by atoms with Crippen LogP contribution >= 0.6 is 0 Å². The third-order valence-corrected chi connectivity index (χ3v) is 5.23. The number of benzene rings is 1. The summed E-state index contributed by atoms with van der Waals surface area (Å²) in [6.07, 6.45) is -2.26. The molecular formula is C13H18F2N4O4S. The minimum absolute atomic E-state index is 0.0244. The van der Waals surface area contributed by atoms with Gasteiger partial charge in [0.15, 0.2) is 0 Å². The molecule has 0 amide bonds. The topological polar surface area (TPSA) is 127 Å². The summed E-state index contributed by atoms with van der Waals surface area (Å²) in [5, 5.41) is 22.0. The maximum Gasteiger partial charge on any atom is 0.293 e. The van der Waals surface area contributed by atoms with E-state index in [0.29, 0.717) is 13.0 Å². The van der Waals surface area contributed by atoms with E-state index in [1.807, 2.05) is 0 Å². The van der Waals surface area contributed by atoms with E-state index in [9.17, 15) is 27.3 Å². The highest BCUT2D eigenvalue weighted by Crippen LogP contribution is 2.36. The van der Waals surface area contributed by atoms with Gasteiger partial charge in [0.2, 0.25) is 16.4 Å². The molecule has 1 unspecified atom stereocenters. The summed E-state index contributed by atoms with van der Waals surface area (Å²) < 4.78 is 49.1. The predicted octanol–water partition coefficient (Wildman–Crippen LogP) is 1.29. The smallest absolute Gasteiger partial charge is 0.293 e. The third-order valence-electron chi connectivity index (χ3n) is 4.32. The van der Waals surface area contributed by atoms with Crippen molar-refractivity contribution in [3.63, 3.8) is 0 Å². The second-order valence-electron chi connectivity index (χ2n) is 5.81. The second-order valence-corrected chi connectivity index (χ2v) is 7.37. The molecule has 1 heterocycles. The maximum atomic E-state index is 13.2. The molecule has 0 aromatic heterocycles. The van der Waals surface area contributed by atoms with Crippen LogP contribution in [0.4, 0.5) is 20.2 Å². The van der Waals surface area contributed by atoms with E-state index >= 15 is 0 Å². The molecule has 0 radical (unpaired) electrons. The fraction of sp³-hybridized carbons (Fsp3) is 0.538. The average Bonchev–Trinajstić information content (AvgIpc) is 2.95. The Hall–Kier alpha value is -1.85. The highest BCUT2D eigenvalue weighted by atomic mass is 32.2. The molecule has 1 aliphatic rings. The number of nitro benzene ring substituents is 1. The zero-order valence-corrected chi connectivity index (χ0v) is 13.6. The van der Waals surface area contributed by atoms with Crippen LogP contribution in [0.5, 0.6) is 0 Å². The number of primary sulfonamides is 1. The maximum absolute atomic E-state index is 13.2. The molecule has 4 N–H and O–H groups in total. The lowest BCUT2D eigenvalue weighted by atomic mass is 9.84. The van der Waals surface area contributed by atoms with Crippen molar-refractivity contribution in [3.05, 3.63) is 28.3 Å². The van der Waals surface area contributed by atoms with Gasteiger partial charge in [0, 0.05) is 18.5 Å². The van der Waals surface area contributed by atoms with Crippen molar-refractivity contribution in [1.29, 1.82) is 0 Å². The zero-order chi connectivity index (χ0) is 18.1. The molecule has 0 spiro atoms. The molecule has 1 fully saturated rings. The number of rotatable bonds is 6. The number of sulfonamides is 1. The molecule has 1 saturated heterocycles. The van der Waals surface area contributed by atoms with Gasteiger partial charge in [-0.2, -0.15) is 0 Å². The first-order chi connectivity index (χ1) is 11.1. The number of alkyl halides is 2. The SMILES string of the molecule is CC(C(F)F)[C@]1(Nc2ccc(S(N)(=O)=O)cc2[N+](=O)[O-])CCNC1. The summed E-state index contributed by atoms with van der Waals surface area (Å²) in [6.45, 7) is 2.08. The Bertz CT molecular complexity index is 735. The fourth-order valence-corrected chi connectivity index (χ4v) is 3.31. The fourth-order valence-electron chi connectivity index (χ4n) is 2.78. The van der Waals surface area contributed by atoms with Gasteiger partial charge >= 0.3 is 0 Å². The van der Waals surface area contributed by atoms with Gasteiger partial charge in [-0.05, 0) is 25.1 Å². The molecule has 24 heavy (non-hydrogen) atoms. The van der Waals surface area contributed by atoms with Crippen molar-refractivity contribution in [2.75, 3.05) is 18.4 Å². The number of anilines is 1. The van der Waals surface area contributed by atoms with Gasteiger partial charge in [-0.15, -0.1) is 0 Å². The summed E-state index contributed by atoms with van der Waals surface area (Å²) in [5.41, 5.74) is -1.62. The summed E-state index contributed by atoms with van der Waals surface area (Å²) in [6, 6.07) is 3.10. The Balaban J connectivity index is 2.46. The van der Waals surface area contributed by atoms with Crippen molar-refractivity contribution >= 4 is 21.4 Å². The molecule has 0 saturated carbocycles. The van der Waals surface area contributed by atoms with Crippen LogP contribution in [0.15, 0.2) is 23.1 Å². The van der Waals surface area contributed by atoms with E-state index in [-0.39, 0.29) is 12.2 Å². The number of nitro groups is 1. The van der Waals surface area contributed by atoms with E-state index in [2.05, 4.69) is 10.6 Å². The van der Waals surface area contributed by atoms with Crippen LogP contribution in [-0.4, -0.2) is 38.4 Å². The van der Waals surface area contributed by atoms with Gasteiger partial charge < -0.3 is 10.6 Å². The summed E-state index contributed by atoms with van der Waals surface area (Å²) in [7, 11) is -4.11. The van der Waals surface area contributed by atoms with Gasteiger partial charge in [-0.3, -0.25) is 10.1 Å². The number of nitrogens with two attached hydrogens (primary N) is 1. The van der Waals surface area contributed by atoms with E-state index in [1.54, 1.807) is 0 Å². The number of nitrogens with zero attached hydrogens (tertiary/aromatic N) is 1. The lowest BCUT2D eigenvalue weighted by Gasteiger charge is -2.36. The first-order valence-electron chi connectivity index (χ1n) is 7.15. The van der Waals surface area contributed by atoms with E-state index in [1.165, 1.54) is 13.0 Å². The lowest BCUT2D eigenvalue weighted by Crippen LogP contribution is -2.49. The van der Waals surface area contributed by atoms with Crippen molar-refractivity contribution in [2.45, 2.75) is 30.2 Å². The van der Waals surface area contributed by atoms with E-state index < -0.39 is 43.4 Å². The van der Waals surface area contributed by atoms with Crippen LogP contribution in [0, 0.1) is 16.0 Å². The largest absolute Gasteiger partial charge is 0.372 e. The van der Waals surface area contributed by atoms with Gasteiger partial charge in [0.1, 0.15) is 5.69 Å². The number of hydrogen-bond acceptors (Lipinski definition) is 6. The van der Waals surface area contributed by atoms with Crippen LogP contribution in [0.3, 0.4) is 0 Å². The first kappa shape index (κ1) is 18.5. The highest BCUT2D eigenvalue weighted by Gasteiger charge is 2.44. The van der Waals surface area contributed by atoms with Gasteiger partial charge in [-0.25, -0.2) is 22.3 Å². The highest BCUT2D eigenvalue weighted by molar-refractivity contribution is 7.89. The number of nitrogens with one attached hydrogen (secondary N) is 2. The molecule has 2 atom stereocenters. The molecule has 11 heteroatoms. The Morgan fingerprint density at radius 3 is 2.58 bits per heavy atom. The molecular weight excluding hydrogens is 346 g/mol. The van der Waals surface area contributed by atoms with Crippen LogP contribution in [0.2, 0.25) is 0 Å². The van der Waals surface area contributed by atoms with E-state index in [0.717, 1.165) is 12.1 Å². The van der Waals surface area contributed by atoms with Crippen LogP contribution < -0.4 is 15.8 Å². The predicted molar refractivity (Wildman–Crippen MR) is 83.5 cm³/mol. The molecule has 2 rings (SSSR count). The van der Waals surface area contributed by atoms with Gasteiger partial charge in [0.25, 0.3) is 5.69 Å². The molecule has 8 nitrogen and oxygen atoms in total. The lowest BCUT2D eigenvalue weighted by molar-refractivity contribution is -0.384. The quantitative estimate of drug-likeness (QED) is 0.515. The molecule has 1 aliphatic heterocycles. The third kappa shape index (κ3) is 3.62. The van der Waals surface area contributed by atoms with Crippen LogP contribution in [0.25, 0.3) is 0 Å². The zero-order valence-electron chi connectivity index (χ0n) is 12.8. The first-order valence-corrected chi connectivity index (χ1v) is 8.70. The Labute approximate surface area is 137 Å². The summed E-state index contributed by atoms with van der Waals surface area (Å²) >= 11 is 0. The summed E-state index contributed by atoms with van der Waals surface area (Å²) in [4.78, 5) is 10.1. The Morgan fingerprint density at radius 2 is 2.12 bits per heavy atom. The second kappa shape index (κ2) is 6.57. The minimum Gasteiger partial charge on any atom is -0.372 e. The van der Waals surface area contributed by atoms with Crippen molar-refractivity contribution < 1.29 is 22.1 Å². The molecule has 1 aromatic carbocycles. The van der Waals surface area contributed by atoms with Gasteiger partial charge in [0.05, 0.1) is 15.4 Å². The number of hydrogen-bond donors (Lipinski definition) is 3.